The fraction of sp³-hybridized carbons (Fsp3) is 0.833. The third-order valence-corrected chi connectivity index (χ3v) is 3.19. The van der Waals surface area contributed by atoms with Gasteiger partial charge in [-0.05, 0) is 25.7 Å². The fourth-order valence-corrected chi connectivity index (χ4v) is 2.13. The van der Waals surface area contributed by atoms with Gasteiger partial charge < -0.3 is 20.5 Å². The maximum Gasteiger partial charge on any atom is 0.315 e. The van der Waals surface area contributed by atoms with Gasteiger partial charge in [-0.15, -0.1) is 0 Å². The van der Waals surface area contributed by atoms with Gasteiger partial charge in [0.1, 0.15) is 6.61 Å². The van der Waals surface area contributed by atoms with E-state index < -0.39 is 19.0 Å². The molecule has 1 aliphatic rings. The summed E-state index contributed by atoms with van der Waals surface area (Å²) in [6.07, 6.45) is -0.137. The van der Waals surface area contributed by atoms with E-state index in [2.05, 4.69) is 15.4 Å². The number of urea groups is 1. The Kier molecular flexibility index (Phi) is 7.21. The minimum atomic E-state index is -2.51. The summed E-state index contributed by atoms with van der Waals surface area (Å²) in [4.78, 5) is 22.2. The Morgan fingerprint density at radius 3 is 2.45 bits per heavy atom. The first-order chi connectivity index (χ1) is 9.49. The van der Waals surface area contributed by atoms with Crippen LogP contribution >= 0.6 is 0 Å². The van der Waals surface area contributed by atoms with Crippen LogP contribution in [0.3, 0.4) is 0 Å². The maximum absolute atomic E-state index is 11.8. The normalized spacial score (nSPS) is 22.6. The monoisotopic (exact) mass is 294 g/mol. The Hall–Kier alpha value is -1.44. The molecule has 1 aliphatic carbocycles. The molecule has 0 radical (unpaired) electrons. The van der Waals surface area contributed by atoms with Gasteiger partial charge in [-0.1, -0.05) is 0 Å². The molecule has 0 saturated heterocycles. The van der Waals surface area contributed by atoms with E-state index in [0.29, 0.717) is 25.7 Å². The Labute approximate surface area is 115 Å². The molecule has 0 heterocycles. The van der Waals surface area contributed by atoms with E-state index >= 15 is 0 Å². The summed E-state index contributed by atoms with van der Waals surface area (Å²) < 4.78 is 28.1. The molecular weight excluding hydrogens is 274 g/mol. The molecule has 0 aromatic rings. The van der Waals surface area contributed by atoms with Gasteiger partial charge in [0.15, 0.2) is 0 Å². The Bertz CT molecular complexity index is 321. The predicted molar refractivity (Wildman–Crippen MR) is 66.7 cm³/mol. The van der Waals surface area contributed by atoms with Gasteiger partial charge in [0.2, 0.25) is 0 Å². The van der Waals surface area contributed by atoms with Crippen LogP contribution in [-0.4, -0.2) is 49.3 Å². The molecule has 2 amide bonds. The third-order valence-electron chi connectivity index (χ3n) is 3.19. The number of aliphatic carboxylic acids is 1. The molecule has 0 unspecified atom stereocenters. The Morgan fingerprint density at radius 1 is 1.25 bits per heavy atom. The summed E-state index contributed by atoms with van der Waals surface area (Å²) in [5, 5.41) is 14.1. The molecule has 0 bridgehead atoms. The molecular formula is C12H20F2N2O4. The number of ether oxygens (including phenoxy) is 1. The number of alkyl halides is 2. The lowest BCUT2D eigenvalue weighted by atomic mass is 9.86. The maximum atomic E-state index is 11.8. The summed E-state index contributed by atoms with van der Waals surface area (Å²) in [6.45, 7) is -0.449. The number of hydrogen-bond donors (Lipinski definition) is 3. The molecule has 1 fully saturated rings. The van der Waals surface area contributed by atoms with Crippen LogP contribution in [0.5, 0.6) is 0 Å². The van der Waals surface area contributed by atoms with Gasteiger partial charge in [-0.2, -0.15) is 0 Å². The summed E-state index contributed by atoms with van der Waals surface area (Å²) in [6, 6.07) is -0.419. The van der Waals surface area contributed by atoms with E-state index in [1.165, 1.54) is 0 Å². The number of halogens is 2. The lowest BCUT2D eigenvalue weighted by Gasteiger charge is -2.26. The van der Waals surface area contributed by atoms with Crippen LogP contribution in [-0.2, 0) is 9.53 Å². The van der Waals surface area contributed by atoms with Crippen LogP contribution in [0.1, 0.15) is 25.7 Å². The van der Waals surface area contributed by atoms with Crippen molar-refractivity contribution in [3.8, 4) is 0 Å². The van der Waals surface area contributed by atoms with Crippen molar-refractivity contribution in [2.24, 2.45) is 5.92 Å². The van der Waals surface area contributed by atoms with Crippen LogP contribution < -0.4 is 10.6 Å². The minimum Gasteiger partial charge on any atom is -0.481 e. The van der Waals surface area contributed by atoms with Crippen molar-refractivity contribution >= 4 is 12.0 Å². The van der Waals surface area contributed by atoms with E-state index in [-0.39, 0.29) is 31.1 Å². The van der Waals surface area contributed by atoms with Crippen molar-refractivity contribution in [2.75, 3.05) is 19.8 Å². The van der Waals surface area contributed by atoms with E-state index in [1.807, 2.05) is 0 Å². The standard InChI is InChI=1S/C12H20F2N2O4/c13-10(14)7-20-6-5-15-12(19)16-9-3-1-8(2-4-9)11(17)18/h8-10H,1-7H2,(H,17,18)(H2,15,16,19). The first kappa shape index (κ1) is 16.6. The predicted octanol–water partition coefficient (Wildman–Crippen LogP) is 1.21. The van der Waals surface area contributed by atoms with Gasteiger partial charge in [0.05, 0.1) is 12.5 Å². The smallest absolute Gasteiger partial charge is 0.315 e. The van der Waals surface area contributed by atoms with Crippen LogP contribution in [0.2, 0.25) is 0 Å². The number of carbonyl (C=O) groups excluding carboxylic acids is 1. The van der Waals surface area contributed by atoms with E-state index in [4.69, 9.17) is 5.11 Å². The van der Waals surface area contributed by atoms with Crippen molar-refractivity contribution < 1.29 is 28.2 Å². The quantitative estimate of drug-likeness (QED) is 0.616. The first-order valence-electron chi connectivity index (χ1n) is 6.62. The molecule has 20 heavy (non-hydrogen) atoms. The second-order valence-corrected chi connectivity index (χ2v) is 4.75. The van der Waals surface area contributed by atoms with Gasteiger partial charge in [-0.3, -0.25) is 4.79 Å². The second kappa shape index (κ2) is 8.68. The molecule has 0 spiro atoms. The Morgan fingerprint density at radius 2 is 1.90 bits per heavy atom. The van der Waals surface area contributed by atoms with Crippen molar-refractivity contribution in [1.82, 2.24) is 10.6 Å². The average molecular weight is 294 g/mol. The van der Waals surface area contributed by atoms with Crippen LogP contribution in [0.4, 0.5) is 13.6 Å². The Balaban J connectivity index is 2.07. The number of rotatable bonds is 7. The topological polar surface area (TPSA) is 87.7 Å². The number of amides is 2. The zero-order chi connectivity index (χ0) is 15.0. The van der Waals surface area contributed by atoms with Gasteiger partial charge in [0.25, 0.3) is 6.43 Å². The summed E-state index contributed by atoms with van der Waals surface area (Å²) in [5.41, 5.74) is 0. The third kappa shape index (κ3) is 6.65. The molecule has 0 aromatic carbocycles. The number of carboxylic acids is 1. The summed E-state index contributed by atoms with van der Waals surface area (Å²) in [5.74, 6) is -1.11. The van der Waals surface area contributed by atoms with Crippen molar-refractivity contribution in [1.29, 1.82) is 0 Å². The van der Waals surface area contributed by atoms with Crippen molar-refractivity contribution in [3.63, 3.8) is 0 Å². The molecule has 8 heteroatoms. The van der Waals surface area contributed by atoms with Gasteiger partial charge >= 0.3 is 12.0 Å². The van der Waals surface area contributed by atoms with Crippen LogP contribution in [0.15, 0.2) is 0 Å². The minimum absolute atomic E-state index is 0.0313. The number of hydrogen-bond acceptors (Lipinski definition) is 3. The molecule has 1 rings (SSSR count). The highest BCUT2D eigenvalue weighted by molar-refractivity contribution is 5.74. The molecule has 6 nitrogen and oxygen atoms in total. The average Bonchev–Trinajstić information content (AvgIpc) is 2.38. The molecule has 116 valence electrons. The van der Waals surface area contributed by atoms with Crippen LogP contribution in [0, 0.1) is 5.92 Å². The van der Waals surface area contributed by atoms with Crippen LogP contribution in [0.25, 0.3) is 0 Å². The second-order valence-electron chi connectivity index (χ2n) is 4.75. The van der Waals surface area contributed by atoms with Gasteiger partial charge in [-0.25, -0.2) is 13.6 Å². The highest BCUT2D eigenvalue weighted by Crippen LogP contribution is 2.24. The largest absolute Gasteiger partial charge is 0.481 e. The molecule has 0 aliphatic heterocycles. The van der Waals surface area contributed by atoms with E-state index in [0.717, 1.165) is 0 Å². The molecule has 1 saturated carbocycles. The summed E-state index contributed by atoms with van der Waals surface area (Å²) in [7, 11) is 0. The number of nitrogens with one attached hydrogen (secondary N) is 2. The fourth-order valence-electron chi connectivity index (χ4n) is 2.13. The highest BCUT2D eigenvalue weighted by atomic mass is 19.3. The number of carboxylic acid groups (broad SMARTS) is 1. The van der Waals surface area contributed by atoms with Gasteiger partial charge in [0, 0.05) is 12.6 Å². The highest BCUT2D eigenvalue weighted by Gasteiger charge is 2.26. The zero-order valence-electron chi connectivity index (χ0n) is 11.1. The summed E-state index contributed by atoms with van der Waals surface area (Å²) >= 11 is 0. The molecule has 0 atom stereocenters. The zero-order valence-corrected chi connectivity index (χ0v) is 11.1. The van der Waals surface area contributed by atoms with Crippen molar-refractivity contribution in [3.05, 3.63) is 0 Å². The lowest BCUT2D eigenvalue weighted by Crippen LogP contribution is -2.45. The molecule has 3 N–H and O–H groups in total. The lowest BCUT2D eigenvalue weighted by molar-refractivity contribution is -0.142. The SMILES string of the molecule is O=C(NCCOCC(F)F)NC1CCC(C(=O)O)CC1. The number of carbonyl (C=O) groups is 2. The first-order valence-corrected chi connectivity index (χ1v) is 6.62. The van der Waals surface area contributed by atoms with E-state index in [9.17, 15) is 18.4 Å². The molecule has 0 aromatic heterocycles. The van der Waals surface area contributed by atoms with E-state index in [1.54, 1.807) is 0 Å². The van der Waals surface area contributed by atoms with Crippen molar-refractivity contribution in [2.45, 2.75) is 38.2 Å².